The molecule has 0 saturated carbocycles. The molecule has 3 rings (SSSR count). The third-order valence-electron chi connectivity index (χ3n) is 4.86. The van der Waals surface area contributed by atoms with E-state index in [9.17, 15) is 19.8 Å². The number of phenolic OH excluding ortho intramolecular Hbond substituents is 1. The fourth-order valence-electron chi connectivity index (χ4n) is 3.43. The number of hydrogen-bond donors (Lipinski definition) is 2. The number of aromatic hydroxyl groups is 1. The quantitative estimate of drug-likeness (QED) is 0.269. The number of aliphatic hydroxyl groups excluding tert-OH is 1. The van der Waals surface area contributed by atoms with Crippen molar-refractivity contribution in [3.63, 3.8) is 0 Å². The summed E-state index contributed by atoms with van der Waals surface area (Å²) in [5.74, 6) is -1.52. The molecule has 0 radical (unpaired) electrons. The number of nitrogens with zero attached hydrogens (tertiary/aromatic N) is 1. The molecule has 158 valence electrons. The third kappa shape index (κ3) is 4.74. The molecule has 0 bridgehead atoms. The van der Waals surface area contributed by atoms with Crippen molar-refractivity contribution in [3.8, 4) is 5.75 Å². The molecule has 1 aliphatic rings. The molecule has 1 fully saturated rings. The molecule has 1 aliphatic heterocycles. The van der Waals surface area contributed by atoms with Gasteiger partial charge in [0.2, 0.25) is 0 Å². The Morgan fingerprint density at radius 2 is 1.73 bits per heavy atom. The maximum absolute atomic E-state index is 12.9. The number of hydrogen-bond acceptors (Lipinski definition) is 5. The van der Waals surface area contributed by atoms with Gasteiger partial charge < -0.3 is 19.8 Å². The van der Waals surface area contributed by atoms with E-state index in [0.29, 0.717) is 30.7 Å². The van der Waals surface area contributed by atoms with Crippen molar-refractivity contribution >= 4 is 33.4 Å². The first-order chi connectivity index (χ1) is 14.3. The topological polar surface area (TPSA) is 87.1 Å². The summed E-state index contributed by atoms with van der Waals surface area (Å²) in [5.41, 5.74) is 1.12. The highest BCUT2D eigenvalue weighted by Crippen LogP contribution is 2.39. The number of likely N-dealkylation sites (tertiary alicyclic amines) is 1. The largest absolute Gasteiger partial charge is 0.508 e. The second kappa shape index (κ2) is 9.45. The molecular formula is C23H24BrNO5. The minimum Gasteiger partial charge on any atom is -0.508 e. The third-order valence-corrected chi connectivity index (χ3v) is 5.39. The van der Waals surface area contributed by atoms with Crippen molar-refractivity contribution in [1.29, 1.82) is 0 Å². The molecule has 6 nitrogen and oxygen atoms in total. The van der Waals surface area contributed by atoms with Gasteiger partial charge in [-0.2, -0.15) is 0 Å². The number of amides is 1. The summed E-state index contributed by atoms with van der Waals surface area (Å²) in [4.78, 5) is 27.2. The van der Waals surface area contributed by atoms with Crippen LogP contribution in [-0.2, 0) is 14.3 Å². The molecule has 0 spiro atoms. The van der Waals surface area contributed by atoms with Crippen molar-refractivity contribution in [3.05, 3.63) is 69.7 Å². The van der Waals surface area contributed by atoms with Crippen LogP contribution in [0.4, 0.5) is 0 Å². The van der Waals surface area contributed by atoms with Gasteiger partial charge in [-0.15, -0.1) is 0 Å². The normalized spacial score (nSPS) is 18.4. The summed E-state index contributed by atoms with van der Waals surface area (Å²) >= 11 is 3.35. The lowest BCUT2D eigenvalue weighted by Crippen LogP contribution is -2.31. The highest BCUT2D eigenvalue weighted by atomic mass is 79.9. The van der Waals surface area contributed by atoms with E-state index in [1.165, 1.54) is 17.0 Å². The van der Waals surface area contributed by atoms with Crippen LogP contribution in [0.2, 0.25) is 0 Å². The molecule has 1 amide bonds. The zero-order valence-corrected chi connectivity index (χ0v) is 18.4. The van der Waals surface area contributed by atoms with E-state index in [1.807, 2.05) is 13.8 Å². The van der Waals surface area contributed by atoms with Gasteiger partial charge in [-0.1, -0.05) is 40.2 Å². The number of ether oxygens (including phenoxy) is 1. The summed E-state index contributed by atoms with van der Waals surface area (Å²) in [7, 11) is 0. The van der Waals surface area contributed by atoms with Gasteiger partial charge in [0, 0.05) is 23.2 Å². The van der Waals surface area contributed by atoms with E-state index in [0.717, 1.165) is 4.47 Å². The van der Waals surface area contributed by atoms with Gasteiger partial charge in [0.1, 0.15) is 11.5 Å². The average Bonchev–Trinajstić information content (AvgIpc) is 2.96. The summed E-state index contributed by atoms with van der Waals surface area (Å²) in [6.45, 7) is 4.62. The first-order valence-electron chi connectivity index (χ1n) is 9.74. The van der Waals surface area contributed by atoms with Gasteiger partial charge in [0.15, 0.2) is 0 Å². The van der Waals surface area contributed by atoms with Crippen LogP contribution in [0.15, 0.2) is 58.6 Å². The molecule has 2 N–H and O–H groups in total. The van der Waals surface area contributed by atoms with Gasteiger partial charge in [-0.3, -0.25) is 9.59 Å². The fourth-order valence-corrected chi connectivity index (χ4v) is 3.70. The van der Waals surface area contributed by atoms with E-state index >= 15 is 0 Å². The Labute approximate surface area is 183 Å². The number of carbonyl (C=O) groups is 2. The molecule has 0 unspecified atom stereocenters. The average molecular weight is 474 g/mol. The lowest BCUT2D eigenvalue weighted by atomic mass is 9.95. The Balaban J connectivity index is 2.01. The van der Waals surface area contributed by atoms with E-state index in [4.69, 9.17) is 4.74 Å². The molecule has 0 aromatic heterocycles. The zero-order chi connectivity index (χ0) is 21.8. The molecule has 1 heterocycles. The van der Waals surface area contributed by atoms with Crippen molar-refractivity contribution < 1.29 is 24.5 Å². The first-order valence-corrected chi connectivity index (χ1v) is 10.5. The Bertz CT molecular complexity index is 951. The van der Waals surface area contributed by atoms with Crippen LogP contribution in [0, 0.1) is 0 Å². The molecule has 2 aromatic rings. The maximum atomic E-state index is 12.9. The molecule has 0 aliphatic carbocycles. The van der Waals surface area contributed by atoms with Crippen molar-refractivity contribution in [2.45, 2.75) is 32.4 Å². The lowest BCUT2D eigenvalue weighted by molar-refractivity contribution is -0.140. The van der Waals surface area contributed by atoms with Crippen LogP contribution >= 0.6 is 15.9 Å². The van der Waals surface area contributed by atoms with Crippen molar-refractivity contribution in [2.24, 2.45) is 0 Å². The summed E-state index contributed by atoms with van der Waals surface area (Å²) in [6.07, 6.45) is 0.628. The lowest BCUT2D eigenvalue weighted by Gasteiger charge is -2.25. The summed E-state index contributed by atoms with van der Waals surface area (Å²) in [5, 5.41) is 20.6. The summed E-state index contributed by atoms with van der Waals surface area (Å²) in [6, 6.07) is 12.4. The Morgan fingerprint density at radius 3 is 2.33 bits per heavy atom. The molecule has 30 heavy (non-hydrogen) atoms. The fraction of sp³-hybridized carbons (Fsp3) is 0.304. The number of phenols is 1. The molecule has 1 atom stereocenters. The molecule has 2 aromatic carbocycles. The zero-order valence-electron chi connectivity index (χ0n) is 16.8. The predicted molar refractivity (Wildman–Crippen MR) is 117 cm³/mol. The van der Waals surface area contributed by atoms with Crippen LogP contribution in [-0.4, -0.2) is 46.1 Å². The minimum absolute atomic E-state index is 0.0396. The van der Waals surface area contributed by atoms with Gasteiger partial charge in [-0.05, 0) is 50.1 Å². The van der Waals surface area contributed by atoms with E-state index < -0.39 is 17.7 Å². The molecular weight excluding hydrogens is 450 g/mol. The number of halogens is 1. The van der Waals surface area contributed by atoms with Crippen molar-refractivity contribution in [2.75, 3.05) is 13.2 Å². The first kappa shape index (κ1) is 22.1. The molecule has 1 saturated heterocycles. The van der Waals surface area contributed by atoms with Gasteiger partial charge in [0.05, 0.1) is 17.7 Å². The Kier molecular flexibility index (Phi) is 6.95. The number of ketones is 1. The van der Waals surface area contributed by atoms with Gasteiger partial charge in [0.25, 0.3) is 11.7 Å². The van der Waals surface area contributed by atoms with Crippen LogP contribution in [0.5, 0.6) is 5.75 Å². The maximum Gasteiger partial charge on any atom is 0.295 e. The number of benzene rings is 2. The Hall–Kier alpha value is -2.64. The standard InChI is InChI=1S/C23H24BrNO5/c1-14(2)30-13-3-12-25-20(15-6-10-18(26)11-7-15)19(22(28)23(25)29)21(27)16-4-8-17(24)9-5-16/h4-11,14,20,26-27H,3,12-13H2,1-2H3/t20-/m0/s1. The van der Waals surface area contributed by atoms with Crippen molar-refractivity contribution in [1.82, 2.24) is 4.90 Å². The molecule has 7 heteroatoms. The Morgan fingerprint density at radius 1 is 1.10 bits per heavy atom. The smallest absolute Gasteiger partial charge is 0.295 e. The minimum atomic E-state index is -0.742. The van der Waals surface area contributed by atoms with Crippen LogP contribution < -0.4 is 0 Å². The van der Waals surface area contributed by atoms with Gasteiger partial charge >= 0.3 is 0 Å². The van der Waals surface area contributed by atoms with E-state index in [2.05, 4.69) is 15.9 Å². The van der Waals surface area contributed by atoms with E-state index in [-0.39, 0.29) is 23.2 Å². The number of aliphatic hydroxyl groups is 1. The number of rotatable bonds is 7. The van der Waals surface area contributed by atoms with Crippen LogP contribution in [0.1, 0.15) is 37.4 Å². The van der Waals surface area contributed by atoms with E-state index in [1.54, 1.807) is 36.4 Å². The van der Waals surface area contributed by atoms with Crippen LogP contribution in [0.25, 0.3) is 5.76 Å². The SMILES string of the molecule is CC(C)OCCCN1C(=O)C(=O)C(=C(O)c2ccc(Br)cc2)[C@@H]1c1ccc(O)cc1. The van der Waals surface area contributed by atoms with Gasteiger partial charge in [-0.25, -0.2) is 0 Å². The van der Waals surface area contributed by atoms with Crippen LogP contribution in [0.3, 0.4) is 0 Å². The second-order valence-corrected chi connectivity index (χ2v) is 8.28. The highest BCUT2D eigenvalue weighted by Gasteiger charge is 2.45. The highest BCUT2D eigenvalue weighted by molar-refractivity contribution is 9.10. The number of carbonyl (C=O) groups excluding carboxylic acids is 2. The summed E-state index contributed by atoms with van der Waals surface area (Å²) < 4.78 is 6.39. The monoisotopic (exact) mass is 473 g/mol. The predicted octanol–water partition coefficient (Wildman–Crippen LogP) is 4.39. The number of Topliss-reactive ketones (excluding diaryl/α,β-unsaturated/α-hetero) is 1. The second-order valence-electron chi connectivity index (χ2n) is 7.36.